The Bertz CT molecular complexity index is 387. The van der Waals surface area contributed by atoms with Gasteiger partial charge in [0.05, 0.1) is 5.69 Å². The van der Waals surface area contributed by atoms with E-state index in [4.69, 9.17) is 5.73 Å². The molecule has 0 radical (unpaired) electrons. The van der Waals surface area contributed by atoms with Crippen LogP contribution < -0.4 is 10.6 Å². The van der Waals surface area contributed by atoms with Crippen molar-refractivity contribution in [1.29, 1.82) is 0 Å². The lowest BCUT2D eigenvalue weighted by molar-refractivity contribution is 0.637. The molecule has 1 rings (SSSR count). The molecule has 0 bridgehead atoms. The van der Waals surface area contributed by atoms with Crippen LogP contribution >= 0.6 is 0 Å². The Balaban J connectivity index is 3.02. The van der Waals surface area contributed by atoms with E-state index in [1.807, 2.05) is 4.68 Å². The summed E-state index contributed by atoms with van der Waals surface area (Å²) in [5.74, 6) is 1.28. The van der Waals surface area contributed by atoms with Crippen molar-refractivity contribution in [3.63, 3.8) is 0 Å². The third-order valence-electron chi connectivity index (χ3n) is 3.70. The summed E-state index contributed by atoms with van der Waals surface area (Å²) in [4.78, 5) is 2.50. The van der Waals surface area contributed by atoms with Gasteiger partial charge in [-0.3, -0.25) is 4.68 Å². The fourth-order valence-corrected chi connectivity index (χ4v) is 2.67. The lowest BCUT2D eigenvalue weighted by Crippen LogP contribution is -2.29. The van der Waals surface area contributed by atoms with Crippen LogP contribution in [0.5, 0.6) is 0 Å². The van der Waals surface area contributed by atoms with Gasteiger partial charge in [-0.05, 0) is 33.1 Å². The molecule has 0 amide bonds. The molecule has 0 fully saturated rings. The third kappa shape index (κ3) is 4.51. The van der Waals surface area contributed by atoms with E-state index in [0.29, 0.717) is 0 Å². The van der Waals surface area contributed by atoms with Crippen LogP contribution in [0.15, 0.2) is 0 Å². The molecule has 0 aliphatic heterocycles. The number of hydrogen-bond donors (Lipinski definition) is 1. The van der Waals surface area contributed by atoms with Crippen molar-refractivity contribution in [2.75, 3.05) is 18.0 Å². The van der Waals surface area contributed by atoms with Gasteiger partial charge < -0.3 is 10.6 Å². The number of rotatable bonds is 9. The predicted octanol–water partition coefficient (Wildman–Crippen LogP) is 3.02. The summed E-state index contributed by atoms with van der Waals surface area (Å²) in [6.07, 6.45) is 5.81. The number of hydrogen-bond acceptors (Lipinski definition) is 3. The Labute approximate surface area is 124 Å². The smallest absolute Gasteiger partial charge is 0.130 e. The third-order valence-corrected chi connectivity index (χ3v) is 3.70. The average molecular weight is 280 g/mol. The van der Waals surface area contributed by atoms with Crippen LogP contribution in [0.2, 0.25) is 0 Å². The molecule has 1 atom stereocenters. The van der Waals surface area contributed by atoms with Crippen LogP contribution in [0, 0.1) is 6.92 Å². The van der Waals surface area contributed by atoms with Gasteiger partial charge in [0.25, 0.3) is 0 Å². The van der Waals surface area contributed by atoms with Crippen LogP contribution in [-0.4, -0.2) is 28.9 Å². The first-order valence-corrected chi connectivity index (χ1v) is 8.04. The van der Waals surface area contributed by atoms with Gasteiger partial charge in [-0.2, -0.15) is 5.10 Å². The van der Waals surface area contributed by atoms with Gasteiger partial charge in [0.15, 0.2) is 0 Å². The van der Waals surface area contributed by atoms with Crippen LogP contribution in [0.1, 0.15) is 57.7 Å². The summed E-state index contributed by atoms with van der Waals surface area (Å²) < 4.78 is 2.04. The first kappa shape index (κ1) is 17.0. The SMILES string of the molecule is CCCCN(CCCC)c1c(CC(C)N)c(C)nn1C. The Hall–Kier alpha value is -1.03. The minimum absolute atomic E-state index is 0.177. The number of aryl methyl sites for hydroxylation is 2. The number of anilines is 1. The van der Waals surface area contributed by atoms with E-state index >= 15 is 0 Å². The molecule has 2 N–H and O–H groups in total. The highest BCUT2D eigenvalue weighted by molar-refractivity contribution is 5.50. The Kier molecular flexibility index (Phi) is 7.06. The van der Waals surface area contributed by atoms with Gasteiger partial charge in [-0.25, -0.2) is 0 Å². The molecule has 0 aliphatic carbocycles. The van der Waals surface area contributed by atoms with E-state index in [9.17, 15) is 0 Å². The molecule has 20 heavy (non-hydrogen) atoms. The van der Waals surface area contributed by atoms with E-state index in [2.05, 4.69) is 44.7 Å². The predicted molar refractivity (Wildman–Crippen MR) is 87.3 cm³/mol. The second kappa shape index (κ2) is 8.30. The van der Waals surface area contributed by atoms with E-state index in [-0.39, 0.29) is 6.04 Å². The van der Waals surface area contributed by atoms with E-state index < -0.39 is 0 Å². The van der Waals surface area contributed by atoms with Gasteiger partial charge in [-0.15, -0.1) is 0 Å². The highest BCUT2D eigenvalue weighted by Gasteiger charge is 2.19. The molecule has 0 saturated carbocycles. The molecular weight excluding hydrogens is 248 g/mol. The standard InChI is InChI=1S/C16H32N4/c1-6-8-10-20(11-9-7-2)16-15(12-13(3)17)14(4)18-19(16)5/h13H,6-12,17H2,1-5H3. The Morgan fingerprint density at radius 3 is 2.20 bits per heavy atom. The first-order chi connectivity index (χ1) is 9.51. The highest BCUT2D eigenvalue weighted by atomic mass is 15.4. The Morgan fingerprint density at radius 1 is 1.20 bits per heavy atom. The zero-order valence-electron chi connectivity index (χ0n) is 13.9. The minimum atomic E-state index is 0.177. The van der Waals surface area contributed by atoms with E-state index in [1.54, 1.807) is 0 Å². The van der Waals surface area contributed by atoms with Crippen LogP contribution in [-0.2, 0) is 13.5 Å². The molecule has 4 heteroatoms. The maximum Gasteiger partial charge on any atom is 0.130 e. The van der Waals surface area contributed by atoms with Crippen molar-refractivity contribution in [2.24, 2.45) is 12.8 Å². The maximum absolute atomic E-state index is 6.02. The average Bonchev–Trinajstić information content (AvgIpc) is 2.65. The number of aromatic nitrogens is 2. The van der Waals surface area contributed by atoms with E-state index in [0.717, 1.165) is 25.2 Å². The molecule has 116 valence electrons. The van der Waals surface area contributed by atoms with Crippen molar-refractivity contribution < 1.29 is 0 Å². The number of nitrogens with zero attached hydrogens (tertiary/aromatic N) is 3. The lowest BCUT2D eigenvalue weighted by atomic mass is 10.1. The molecule has 0 aromatic carbocycles. The molecule has 0 spiro atoms. The zero-order valence-corrected chi connectivity index (χ0v) is 13.9. The van der Waals surface area contributed by atoms with Crippen molar-refractivity contribution >= 4 is 5.82 Å². The topological polar surface area (TPSA) is 47.1 Å². The van der Waals surface area contributed by atoms with Crippen LogP contribution in [0.4, 0.5) is 5.82 Å². The quantitative estimate of drug-likeness (QED) is 0.756. The number of nitrogens with two attached hydrogens (primary N) is 1. The largest absolute Gasteiger partial charge is 0.357 e. The number of unbranched alkanes of at least 4 members (excludes halogenated alkanes) is 2. The second-order valence-electron chi connectivity index (χ2n) is 5.89. The normalized spacial score (nSPS) is 12.7. The summed E-state index contributed by atoms with van der Waals surface area (Å²) in [5, 5.41) is 4.62. The summed E-state index contributed by atoms with van der Waals surface area (Å²) in [7, 11) is 2.05. The molecule has 1 heterocycles. The summed E-state index contributed by atoms with van der Waals surface area (Å²) >= 11 is 0. The Morgan fingerprint density at radius 2 is 1.75 bits per heavy atom. The maximum atomic E-state index is 6.02. The first-order valence-electron chi connectivity index (χ1n) is 8.04. The fourth-order valence-electron chi connectivity index (χ4n) is 2.67. The van der Waals surface area contributed by atoms with Crippen molar-refractivity contribution in [2.45, 2.75) is 65.8 Å². The molecular formula is C16H32N4. The molecule has 1 aromatic rings. The molecule has 1 unspecified atom stereocenters. The van der Waals surface area contributed by atoms with Gasteiger partial charge in [0, 0.05) is 31.7 Å². The van der Waals surface area contributed by atoms with Gasteiger partial charge in [0.1, 0.15) is 5.82 Å². The lowest BCUT2D eigenvalue weighted by Gasteiger charge is -2.26. The fraction of sp³-hybridized carbons (Fsp3) is 0.812. The summed E-state index contributed by atoms with van der Waals surface area (Å²) in [6, 6.07) is 0.177. The van der Waals surface area contributed by atoms with Gasteiger partial charge in [0.2, 0.25) is 0 Å². The second-order valence-corrected chi connectivity index (χ2v) is 5.89. The molecule has 0 aliphatic rings. The van der Waals surface area contributed by atoms with Crippen molar-refractivity contribution in [3.8, 4) is 0 Å². The monoisotopic (exact) mass is 280 g/mol. The zero-order chi connectivity index (χ0) is 15.1. The summed E-state index contributed by atoms with van der Waals surface area (Å²) in [6.45, 7) is 10.9. The molecule has 1 aromatic heterocycles. The van der Waals surface area contributed by atoms with Crippen LogP contribution in [0.3, 0.4) is 0 Å². The molecule has 4 nitrogen and oxygen atoms in total. The minimum Gasteiger partial charge on any atom is -0.357 e. The van der Waals surface area contributed by atoms with Gasteiger partial charge >= 0.3 is 0 Å². The highest BCUT2D eigenvalue weighted by Crippen LogP contribution is 2.25. The van der Waals surface area contributed by atoms with Gasteiger partial charge in [-0.1, -0.05) is 26.7 Å². The van der Waals surface area contributed by atoms with Crippen molar-refractivity contribution in [1.82, 2.24) is 9.78 Å². The molecule has 0 saturated heterocycles. The van der Waals surface area contributed by atoms with Crippen LogP contribution in [0.25, 0.3) is 0 Å². The van der Waals surface area contributed by atoms with Crippen molar-refractivity contribution in [3.05, 3.63) is 11.3 Å². The summed E-state index contributed by atoms with van der Waals surface area (Å²) in [5.41, 5.74) is 8.47. The van der Waals surface area contributed by atoms with E-state index in [1.165, 1.54) is 37.1 Å².